The van der Waals surface area contributed by atoms with Crippen LogP contribution in [0.3, 0.4) is 0 Å². The quantitative estimate of drug-likeness (QED) is 0.570. The molecule has 1 amide bonds. The molecule has 1 aromatic heterocycles. The van der Waals surface area contributed by atoms with E-state index in [4.69, 9.17) is 0 Å². The van der Waals surface area contributed by atoms with Gasteiger partial charge in [0.25, 0.3) is 0 Å². The predicted molar refractivity (Wildman–Crippen MR) is 120 cm³/mol. The molecule has 1 N–H and O–H groups in total. The number of aromatic nitrogens is 2. The fraction of sp³-hybridized carbons (Fsp3) is 0.318. The van der Waals surface area contributed by atoms with Gasteiger partial charge >= 0.3 is 0 Å². The first-order chi connectivity index (χ1) is 14.1. The summed E-state index contributed by atoms with van der Waals surface area (Å²) >= 11 is 2.97. The second-order valence-corrected chi connectivity index (χ2v) is 9.61. The van der Waals surface area contributed by atoms with Gasteiger partial charge in [0.05, 0.1) is 5.25 Å². The maximum Gasteiger partial charge on any atom is 0.236 e. The highest BCUT2D eigenvalue weighted by atomic mass is 32.2. The van der Waals surface area contributed by atoms with Crippen LogP contribution in [0.25, 0.3) is 0 Å². The first kappa shape index (κ1) is 19.9. The first-order valence-electron chi connectivity index (χ1n) is 9.84. The van der Waals surface area contributed by atoms with Crippen molar-refractivity contribution >= 4 is 39.8 Å². The Kier molecular flexibility index (Phi) is 6.16. The summed E-state index contributed by atoms with van der Waals surface area (Å²) in [6.07, 6.45) is 1.87. The molecule has 0 radical (unpaired) electrons. The van der Waals surface area contributed by atoms with Gasteiger partial charge in [-0.25, -0.2) is 0 Å². The molecule has 4 rings (SSSR count). The minimum Gasteiger partial charge on any atom is -0.337 e. The van der Waals surface area contributed by atoms with Crippen molar-refractivity contribution in [3.8, 4) is 0 Å². The number of thioether (sulfide) groups is 1. The lowest BCUT2D eigenvalue weighted by Gasteiger charge is -2.30. The number of benzene rings is 2. The lowest BCUT2D eigenvalue weighted by atomic mass is 10.00. The molecular weight excluding hydrogens is 400 g/mol. The SMILES string of the molecule is CCc1ccccc1Nc1nnc(S[C@H](C)C(=O)N2CCc3ccccc3C2)s1. The number of fused-ring (bicyclic) bond motifs is 1. The van der Waals surface area contributed by atoms with E-state index in [0.29, 0.717) is 6.54 Å². The molecule has 2 heterocycles. The number of para-hydroxylation sites is 1. The molecule has 0 bridgehead atoms. The predicted octanol–water partition coefficient (Wildman–Crippen LogP) is 4.91. The van der Waals surface area contributed by atoms with Crippen LogP contribution in [0.4, 0.5) is 10.8 Å². The number of hydrogen-bond donors (Lipinski definition) is 1. The molecule has 1 atom stereocenters. The van der Waals surface area contributed by atoms with Crippen LogP contribution in [0.15, 0.2) is 52.9 Å². The molecule has 5 nitrogen and oxygen atoms in total. The third-order valence-electron chi connectivity index (χ3n) is 5.11. The van der Waals surface area contributed by atoms with Gasteiger partial charge in [0.15, 0.2) is 4.34 Å². The van der Waals surface area contributed by atoms with E-state index < -0.39 is 0 Å². The van der Waals surface area contributed by atoms with Gasteiger partial charge in [-0.05, 0) is 42.5 Å². The summed E-state index contributed by atoms with van der Waals surface area (Å²) < 4.78 is 0.805. The minimum absolute atomic E-state index is 0.158. The molecular formula is C22H24N4OS2. The number of aryl methyl sites for hydroxylation is 1. The van der Waals surface area contributed by atoms with Crippen molar-refractivity contribution in [3.05, 3.63) is 65.2 Å². The van der Waals surface area contributed by atoms with Crippen molar-refractivity contribution in [2.24, 2.45) is 0 Å². The molecule has 7 heteroatoms. The number of anilines is 2. The Bertz CT molecular complexity index is 1000. The standard InChI is InChI=1S/C22H24N4OS2/c1-3-16-8-6-7-11-19(16)23-21-24-25-22(29-21)28-15(2)20(27)26-13-12-17-9-4-5-10-18(17)14-26/h4-11,15H,3,12-14H2,1-2H3,(H,23,24)/t15-/m1/s1. The third kappa shape index (κ3) is 4.62. The number of carbonyl (C=O) groups is 1. The Hall–Kier alpha value is -2.38. The fourth-order valence-electron chi connectivity index (χ4n) is 3.52. The molecule has 1 aliphatic heterocycles. The van der Waals surface area contributed by atoms with Crippen LogP contribution in [0, 0.1) is 0 Å². The molecule has 29 heavy (non-hydrogen) atoms. The molecule has 150 valence electrons. The van der Waals surface area contributed by atoms with Crippen LogP contribution in [-0.4, -0.2) is 32.8 Å². The van der Waals surface area contributed by atoms with Crippen molar-refractivity contribution in [2.75, 3.05) is 11.9 Å². The second kappa shape index (κ2) is 8.97. The van der Waals surface area contributed by atoms with E-state index in [9.17, 15) is 4.79 Å². The number of nitrogens with zero attached hydrogens (tertiary/aromatic N) is 3. The van der Waals surface area contributed by atoms with E-state index >= 15 is 0 Å². The summed E-state index contributed by atoms with van der Waals surface area (Å²) in [5.41, 5.74) is 4.90. The van der Waals surface area contributed by atoms with Gasteiger partial charge in [-0.3, -0.25) is 4.79 Å². The number of amides is 1. The van der Waals surface area contributed by atoms with Crippen molar-refractivity contribution in [1.82, 2.24) is 15.1 Å². The number of carbonyl (C=O) groups excluding carboxylic acids is 1. The molecule has 0 spiro atoms. The summed E-state index contributed by atoms with van der Waals surface area (Å²) in [6, 6.07) is 16.6. The third-order valence-corrected chi connectivity index (χ3v) is 7.12. The van der Waals surface area contributed by atoms with Crippen LogP contribution >= 0.6 is 23.1 Å². The summed E-state index contributed by atoms with van der Waals surface area (Å²) in [4.78, 5) is 14.9. The smallest absolute Gasteiger partial charge is 0.236 e. The summed E-state index contributed by atoms with van der Waals surface area (Å²) in [6.45, 7) is 5.55. The lowest BCUT2D eigenvalue weighted by molar-refractivity contribution is -0.131. The zero-order chi connectivity index (χ0) is 20.2. The van der Waals surface area contributed by atoms with E-state index in [1.165, 1.54) is 39.8 Å². The molecule has 0 aliphatic carbocycles. The number of rotatable bonds is 6. The Balaban J connectivity index is 1.38. The van der Waals surface area contributed by atoms with E-state index in [1.807, 2.05) is 36.1 Å². The molecule has 2 aromatic carbocycles. The second-order valence-electron chi connectivity index (χ2n) is 7.05. The van der Waals surface area contributed by atoms with Crippen molar-refractivity contribution in [2.45, 2.75) is 42.8 Å². The van der Waals surface area contributed by atoms with Gasteiger partial charge in [0, 0.05) is 18.8 Å². The van der Waals surface area contributed by atoms with Gasteiger partial charge < -0.3 is 10.2 Å². The Labute approximate surface area is 179 Å². The highest BCUT2D eigenvalue weighted by molar-refractivity contribution is 8.02. The average Bonchev–Trinajstić information content (AvgIpc) is 3.19. The van der Waals surface area contributed by atoms with E-state index in [2.05, 4.69) is 46.7 Å². The van der Waals surface area contributed by atoms with Crippen LogP contribution < -0.4 is 5.32 Å². The highest BCUT2D eigenvalue weighted by Gasteiger charge is 2.26. The molecule has 0 saturated heterocycles. The Morgan fingerprint density at radius 1 is 1.17 bits per heavy atom. The Morgan fingerprint density at radius 2 is 1.93 bits per heavy atom. The summed E-state index contributed by atoms with van der Waals surface area (Å²) in [7, 11) is 0. The van der Waals surface area contributed by atoms with Crippen LogP contribution in [0.1, 0.15) is 30.5 Å². The maximum atomic E-state index is 12.9. The molecule has 1 aliphatic rings. The van der Waals surface area contributed by atoms with E-state index in [1.54, 1.807) is 0 Å². The topological polar surface area (TPSA) is 58.1 Å². The van der Waals surface area contributed by atoms with Crippen molar-refractivity contribution < 1.29 is 4.79 Å². The summed E-state index contributed by atoms with van der Waals surface area (Å²) in [5, 5.41) is 12.4. The number of hydrogen-bond acceptors (Lipinski definition) is 6. The Morgan fingerprint density at radius 3 is 2.76 bits per heavy atom. The van der Waals surface area contributed by atoms with E-state index in [-0.39, 0.29) is 11.2 Å². The average molecular weight is 425 g/mol. The zero-order valence-electron chi connectivity index (χ0n) is 16.6. The van der Waals surface area contributed by atoms with Crippen molar-refractivity contribution in [1.29, 1.82) is 0 Å². The lowest BCUT2D eigenvalue weighted by Crippen LogP contribution is -2.40. The van der Waals surface area contributed by atoms with Crippen LogP contribution in [0.5, 0.6) is 0 Å². The van der Waals surface area contributed by atoms with Crippen LogP contribution in [0.2, 0.25) is 0 Å². The van der Waals surface area contributed by atoms with Gasteiger partial charge in [-0.2, -0.15) is 0 Å². The van der Waals surface area contributed by atoms with Gasteiger partial charge in [0.2, 0.25) is 11.0 Å². The fourth-order valence-corrected chi connectivity index (χ4v) is 5.51. The normalized spacial score (nSPS) is 14.3. The first-order valence-corrected chi connectivity index (χ1v) is 11.5. The molecule has 0 fully saturated rings. The van der Waals surface area contributed by atoms with Gasteiger partial charge in [-0.1, -0.05) is 72.5 Å². The van der Waals surface area contributed by atoms with Gasteiger partial charge in [0.1, 0.15) is 0 Å². The summed E-state index contributed by atoms with van der Waals surface area (Å²) in [5.74, 6) is 0.158. The maximum absolute atomic E-state index is 12.9. The van der Waals surface area contributed by atoms with Crippen LogP contribution in [-0.2, 0) is 24.2 Å². The largest absolute Gasteiger partial charge is 0.337 e. The highest BCUT2D eigenvalue weighted by Crippen LogP contribution is 2.32. The molecule has 3 aromatic rings. The zero-order valence-corrected chi connectivity index (χ0v) is 18.2. The van der Waals surface area contributed by atoms with Gasteiger partial charge in [-0.15, -0.1) is 10.2 Å². The molecule has 0 saturated carbocycles. The van der Waals surface area contributed by atoms with Crippen molar-refractivity contribution in [3.63, 3.8) is 0 Å². The minimum atomic E-state index is -0.191. The number of nitrogens with one attached hydrogen (secondary N) is 1. The molecule has 0 unspecified atom stereocenters. The van der Waals surface area contributed by atoms with E-state index in [0.717, 1.165) is 34.5 Å². The monoisotopic (exact) mass is 424 g/mol.